The summed E-state index contributed by atoms with van der Waals surface area (Å²) in [5.74, 6) is -0.605. The number of benzene rings is 1. The zero-order chi connectivity index (χ0) is 21.9. The molecule has 0 aliphatic carbocycles. The molecule has 1 amide bonds. The second-order valence-electron chi connectivity index (χ2n) is 8.76. The maximum absolute atomic E-state index is 12.8. The van der Waals surface area contributed by atoms with Crippen LogP contribution in [0.25, 0.3) is 0 Å². The first-order valence-electron chi connectivity index (χ1n) is 10.3. The van der Waals surface area contributed by atoms with Gasteiger partial charge in [-0.25, -0.2) is 0 Å². The van der Waals surface area contributed by atoms with Crippen molar-refractivity contribution in [1.82, 2.24) is 5.32 Å². The highest BCUT2D eigenvalue weighted by Gasteiger charge is 2.52. The molecular weight excluding hydrogens is 386 g/mol. The largest absolute Gasteiger partial charge is 0.457 e. The molecule has 0 spiro atoms. The predicted molar refractivity (Wildman–Crippen MR) is 110 cm³/mol. The van der Waals surface area contributed by atoms with Crippen molar-refractivity contribution in [2.24, 2.45) is 5.41 Å². The summed E-state index contributed by atoms with van der Waals surface area (Å²) in [7, 11) is 0. The van der Waals surface area contributed by atoms with E-state index in [1.807, 2.05) is 30.3 Å². The van der Waals surface area contributed by atoms with Crippen molar-refractivity contribution >= 4 is 11.9 Å². The Hall–Kier alpha value is -2.22. The van der Waals surface area contributed by atoms with Crippen molar-refractivity contribution in [2.45, 2.75) is 70.9 Å². The standard InChI is InChI=1S/C23H31NO6/c1-6-10-16-18(24-14(2)25)20(30-22(26)23(3,4)5)19-17(28-16)13-27-21(29-19)15-11-8-7-9-12-15/h6-9,11-12,16-21H,1,10,13H2,2-5H3,(H,24,25)/t16-,17-,18+,19-,20-,21+/m1/s1. The zero-order valence-electron chi connectivity index (χ0n) is 18.0. The molecule has 164 valence electrons. The highest BCUT2D eigenvalue weighted by atomic mass is 16.7. The summed E-state index contributed by atoms with van der Waals surface area (Å²) in [6, 6.07) is 8.99. The van der Waals surface area contributed by atoms with Gasteiger partial charge in [0.05, 0.1) is 24.2 Å². The number of fused-ring (bicyclic) bond motifs is 1. The molecule has 2 saturated heterocycles. The summed E-state index contributed by atoms with van der Waals surface area (Å²) in [5, 5.41) is 2.90. The maximum Gasteiger partial charge on any atom is 0.311 e. The molecule has 2 fully saturated rings. The van der Waals surface area contributed by atoms with Gasteiger partial charge in [0.1, 0.15) is 12.2 Å². The molecule has 7 heteroatoms. The number of nitrogens with one attached hydrogen (secondary N) is 1. The Balaban J connectivity index is 1.92. The van der Waals surface area contributed by atoms with Gasteiger partial charge in [-0.3, -0.25) is 9.59 Å². The fourth-order valence-electron chi connectivity index (χ4n) is 3.68. The van der Waals surface area contributed by atoms with Gasteiger partial charge in [-0.2, -0.15) is 0 Å². The maximum atomic E-state index is 12.8. The number of carbonyl (C=O) groups is 2. The van der Waals surface area contributed by atoms with E-state index in [1.165, 1.54) is 6.92 Å². The Morgan fingerprint density at radius 1 is 1.23 bits per heavy atom. The molecule has 0 radical (unpaired) electrons. The van der Waals surface area contributed by atoms with Crippen LogP contribution in [0.2, 0.25) is 0 Å². The van der Waals surface area contributed by atoms with E-state index in [9.17, 15) is 9.59 Å². The number of esters is 1. The van der Waals surface area contributed by atoms with E-state index in [4.69, 9.17) is 18.9 Å². The second-order valence-corrected chi connectivity index (χ2v) is 8.76. The Morgan fingerprint density at radius 3 is 2.53 bits per heavy atom. The molecule has 1 aromatic rings. The van der Waals surface area contributed by atoms with Gasteiger partial charge in [-0.1, -0.05) is 36.4 Å². The Bertz CT molecular complexity index is 759. The lowest BCUT2D eigenvalue weighted by atomic mass is 9.89. The minimum absolute atomic E-state index is 0.236. The van der Waals surface area contributed by atoms with Crippen molar-refractivity contribution in [3.05, 3.63) is 48.6 Å². The van der Waals surface area contributed by atoms with Crippen molar-refractivity contribution in [2.75, 3.05) is 6.61 Å². The van der Waals surface area contributed by atoms with Gasteiger partial charge in [0.25, 0.3) is 0 Å². The van der Waals surface area contributed by atoms with Crippen LogP contribution in [0.5, 0.6) is 0 Å². The minimum atomic E-state index is -0.723. The lowest BCUT2D eigenvalue weighted by Crippen LogP contribution is -2.67. The van der Waals surface area contributed by atoms with Gasteiger partial charge in [0.15, 0.2) is 12.4 Å². The average molecular weight is 418 g/mol. The summed E-state index contributed by atoms with van der Waals surface area (Å²) in [5.41, 5.74) is 0.160. The highest BCUT2D eigenvalue weighted by molar-refractivity contribution is 5.76. The molecule has 7 nitrogen and oxygen atoms in total. The van der Waals surface area contributed by atoms with Crippen LogP contribution in [0, 0.1) is 5.41 Å². The van der Waals surface area contributed by atoms with E-state index in [1.54, 1.807) is 26.8 Å². The summed E-state index contributed by atoms with van der Waals surface area (Å²) in [6.07, 6.45) is -0.559. The molecule has 30 heavy (non-hydrogen) atoms. The zero-order valence-corrected chi connectivity index (χ0v) is 18.0. The number of ether oxygens (including phenoxy) is 4. The molecule has 0 aromatic heterocycles. The first-order chi connectivity index (χ1) is 14.2. The van der Waals surface area contributed by atoms with E-state index in [-0.39, 0.29) is 18.5 Å². The van der Waals surface area contributed by atoms with Crippen molar-refractivity contribution in [1.29, 1.82) is 0 Å². The fraction of sp³-hybridized carbons (Fsp3) is 0.565. The Morgan fingerprint density at radius 2 is 1.93 bits per heavy atom. The van der Waals surface area contributed by atoms with E-state index in [0.717, 1.165) is 5.56 Å². The Labute approximate surface area is 177 Å². The molecule has 0 saturated carbocycles. The molecular formula is C23H31NO6. The normalized spacial score (nSPS) is 31.3. The molecule has 2 aliphatic heterocycles. The minimum Gasteiger partial charge on any atom is -0.457 e. The SMILES string of the molecule is C=CC[C@H]1O[C@@H]2CO[C@H](c3ccccc3)O[C@H]2[C@H](OC(=O)C(C)(C)C)[C@H]1NC(C)=O. The molecule has 1 N–H and O–H groups in total. The molecule has 0 bridgehead atoms. The molecule has 2 heterocycles. The average Bonchev–Trinajstić information content (AvgIpc) is 2.69. The van der Waals surface area contributed by atoms with Crippen LogP contribution >= 0.6 is 0 Å². The summed E-state index contributed by atoms with van der Waals surface area (Å²) < 4.78 is 24.3. The van der Waals surface area contributed by atoms with Crippen molar-refractivity contribution in [3.8, 4) is 0 Å². The molecule has 6 atom stereocenters. The Kier molecular flexibility index (Phi) is 6.95. The van der Waals surface area contributed by atoms with Crippen LogP contribution in [0.3, 0.4) is 0 Å². The van der Waals surface area contributed by atoms with Crippen LogP contribution in [0.1, 0.15) is 46.0 Å². The van der Waals surface area contributed by atoms with Gasteiger partial charge < -0.3 is 24.3 Å². The summed E-state index contributed by atoms with van der Waals surface area (Å²) in [6.45, 7) is 10.9. The van der Waals surface area contributed by atoms with Gasteiger partial charge in [0.2, 0.25) is 5.91 Å². The lowest BCUT2D eigenvalue weighted by molar-refractivity contribution is -0.316. The van der Waals surface area contributed by atoms with E-state index in [0.29, 0.717) is 6.42 Å². The topological polar surface area (TPSA) is 83.1 Å². The van der Waals surface area contributed by atoms with Crippen LogP contribution < -0.4 is 5.32 Å². The van der Waals surface area contributed by atoms with E-state index >= 15 is 0 Å². The lowest BCUT2D eigenvalue weighted by Gasteiger charge is -2.49. The monoisotopic (exact) mass is 417 g/mol. The molecule has 0 unspecified atom stereocenters. The highest BCUT2D eigenvalue weighted by Crippen LogP contribution is 2.37. The summed E-state index contributed by atoms with van der Waals surface area (Å²) in [4.78, 5) is 24.7. The van der Waals surface area contributed by atoms with E-state index in [2.05, 4.69) is 11.9 Å². The third kappa shape index (κ3) is 5.09. The second kappa shape index (κ2) is 9.29. The van der Waals surface area contributed by atoms with E-state index < -0.39 is 42.2 Å². The number of hydrogen-bond donors (Lipinski definition) is 1. The number of rotatable bonds is 5. The molecule has 1 aromatic carbocycles. The van der Waals surface area contributed by atoms with Crippen LogP contribution in [0.15, 0.2) is 43.0 Å². The first-order valence-corrected chi connectivity index (χ1v) is 10.3. The number of amides is 1. The van der Waals surface area contributed by atoms with Crippen molar-refractivity contribution in [3.63, 3.8) is 0 Å². The third-order valence-electron chi connectivity index (χ3n) is 5.18. The summed E-state index contributed by atoms with van der Waals surface area (Å²) >= 11 is 0. The smallest absolute Gasteiger partial charge is 0.311 e. The fourth-order valence-corrected chi connectivity index (χ4v) is 3.68. The van der Waals surface area contributed by atoms with Crippen molar-refractivity contribution < 1.29 is 28.5 Å². The predicted octanol–water partition coefficient (Wildman–Crippen LogP) is 2.91. The van der Waals surface area contributed by atoms with Gasteiger partial charge in [-0.15, -0.1) is 6.58 Å². The number of hydrogen-bond acceptors (Lipinski definition) is 6. The first kappa shape index (κ1) is 22.5. The molecule has 2 aliphatic rings. The van der Waals surface area contributed by atoms with Gasteiger partial charge in [-0.05, 0) is 27.2 Å². The van der Waals surface area contributed by atoms with Gasteiger partial charge >= 0.3 is 5.97 Å². The quantitative estimate of drug-likeness (QED) is 0.586. The van der Waals surface area contributed by atoms with Crippen LogP contribution in [0.4, 0.5) is 0 Å². The van der Waals surface area contributed by atoms with Gasteiger partial charge in [0, 0.05) is 12.5 Å². The third-order valence-corrected chi connectivity index (χ3v) is 5.18. The van der Waals surface area contributed by atoms with Crippen LogP contribution in [-0.2, 0) is 28.5 Å². The van der Waals surface area contributed by atoms with Crippen LogP contribution in [-0.4, -0.2) is 48.9 Å². The number of carbonyl (C=O) groups excluding carboxylic acids is 2. The molecule has 3 rings (SSSR count).